The molecule has 0 N–H and O–H groups in total. The summed E-state index contributed by atoms with van der Waals surface area (Å²) < 4.78 is 20.5. The zero-order chi connectivity index (χ0) is 22.5. The molecule has 0 spiro atoms. The van der Waals surface area contributed by atoms with E-state index in [9.17, 15) is 9.59 Å². The first-order valence-corrected chi connectivity index (χ1v) is 10.5. The van der Waals surface area contributed by atoms with Gasteiger partial charge in [-0.15, -0.1) is 0 Å². The molecular formula is C24H36O6. The van der Waals surface area contributed by atoms with Crippen molar-refractivity contribution in [3.05, 3.63) is 61.1 Å². The van der Waals surface area contributed by atoms with Gasteiger partial charge >= 0.3 is 11.9 Å². The Morgan fingerprint density at radius 3 is 1.37 bits per heavy atom. The highest BCUT2D eigenvalue weighted by Gasteiger charge is 2.02. The molecule has 6 heteroatoms. The molecule has 0 radical (unpaired) electrons. The highest BCUT2D eigenvalue weighted by atomic mass is 16.6. The topological polar surface area (TPSA) is 71.1 Å². The molecule has 0 amide bonds. The highest BCUT2D eigenvalue weighted by Crippen LogP contribution is 2.02. The number of hydrogen-bond acceptors (Lipinski definition) is 6. The first-order valence-electron chi connectivity index (χ1n) is 10.5. The zero-order valence-electron chi connectivity index (χ0n) is 18.4. The van der Waals surface area contributed by atoms with Crippen LogP contribution in [0.15, 0.2) is 61.1 Å². The molecule has 0 bridgehead atoms. The van der Waals surface area contributed by atoms with Gasteiger partial charge in [0.2, 0.25) is 0 Å². The van der Waals surface area contributed by atoms with E-state index in [1.54, 1.807) is 12.2 Å². The lowest BCUT2D eigenvalue weighted by Gasteiger charge is -2.06. The lowest BCUT2D eigenvalue weighted by molar-refractivity contribution is -0.141. The van der Waals surface area contributed by atoms with Crippen molar-refractivity contribution in [2.75, 3.05) is 26.4 Å². The van der Waals surface area contributed by atoms with Crippen LogP contribution < -0.4 is 0 Å². The molecule has 6 nitrogen and oxygen atoms in total. The van der Waals surface area contributed by atoms with Gasteiger partial charge in [0.1, 0.15) is 37.9 Å². The van der Waals surface area contributed by atoms with E-state index in [1.807, 2.05) is 12.2 Å². The third kappa shape index (κ3) is 18.6. The summed E-state index contributed by atoms with van der Waals surface area (Å²) >= 11 is 0. The zero-order valence-corrected chi connectivity index (χ0v) is 18.4. The third-order valence-corrected chi connectivity index (χ3v) is 3.64. The summed E-state index contributed by atoms with van der Waals surface area (Å²) in [6, 6.07) is 0. The number of esters is 2. The molecule has 30 heavy (non-hydrogen) atoms. The maximum atomic E-state index is 11.5. The summed E-state index contributed by atoms with van der Waals surface area (Å²) in [5.41, 5.74) is 0. The standard InChI is InChI=1S/C24H36O6/c1-5-7-9-11-13-21(3)27-17-19-29-23(25)15-16-24(26)30-20-18-28-22(4)14-12-10-8-6-2/h11-16H,3-10,17-20H2,1-2H3. The second-order valence-electron chi connectivity index (χ2n) is 6.39. The maximum absolute atomic E-state index is 11.5. The molecule has 0 fully saturated rings. The van der Waals surface area contributed by atoms with Crippen LogP contribution in [-0.4, -0.2) is 38.4 Å². The number of carbonyl (C=O) groups excluding carboxylic acids is 2. The monoisotopic (exact) mass is 420 g/mol. The van der Waals surface area contributed by atoms with Gasteiger partial charge in [-0.25, -0.2) is 9.59 Å². The van der Waals surface area contributed by atoms with Gasteiger partial charge in [0.25, 0.3) is 0 Å². The van der Waals surface area contributed by atoms with Crippen LogP contribution in [0.5, 0.6) is 0 Å². The van der Waals surface area contributed by atoms with E-state index in [2.05, 4.69) is 27.0 Å². The molecule has 0 heterocycles. The largest absolute Gasteiger partial charge is 0.491 e. The fraction of sp³-hybridized carbons (Fsp3) is 0.500. The number of rotatable bonds is 18. The van der Waals surface area contributed by atoms with Crippen molar-refractivity contribution in [3.8, 4) is 0 Å². The maximum Gasteiger partial charge on any atom is 0.331 e. The first kappa shape index (κ1) is 27.2. The highest BCUT2D eigenvalue weighted by molar-refractivity contribution is 5.91. The molecule has 0 aromatic heterocycles. The average Bonchev–Trinajstić information content (AvgIpc) is 2.73. The molecule has 0 saturated heterocycles. The molecule has 168 valence electrons. The van der Waals surface area contributed by atoms with Crippen molar-refractivity contribution in [2.45, 2.75) is 52.4 Å². The second kappa shape index (κ2) is 19.6. The Balaban J connectivity index is 3.79. The minimum absolute atomic E-state index is 0.0573. The predicted octanol–water partition coefficient (Wildman–Crippen LogP) is 5.18. The molecular weight excluding hydrogens is 384 g/mol. The molecule has 0 saturated carbocycles. The number of unbranched alkanes of at least 4 members (excludes halogenated alkanes) is 4. The number of carbonyl (C=O) groups is 2. The molecule has 0 aromatic rings. The number of ether oxygens (including phenoxy) is 4. The van der Waals surface area contributed by atoms with E-state index in [-0.39, 0.29) is 26.4 Å². The van der Waals surface area contributed by atoms with Crippen LogP contribution in [0.2, 0.25) is 0 Å². The van der Waals surface area contributed by atoms with Crippen molar-refractivity contribution < 1.29 is 28.5 Å². The quantitative estimate of drug-likeness (QED) is 0.1000. The van der Waals surface area contributed by atoms with Crippen LogP contribution in [0.25, 0.3) is 0 Å². The van der Waals surface area contributed by atoms with Gasteiger partial charge in [0, 0.05) is 12.2 Å². The normalized spacial score (nSPS) is 11.1. The Bertz CT molecular complexity index is 549. The van der Waals surface area contributed by atoms with E-state index in [0.29, 0.717) is 11.5 Å². The van der Waals surface area contributed by atoms with Crippen molar-refractivity contribution in [1.82, 2.24) is 0 Å². The summed E-state index contributed by atoms with van der Waals surface area (Å²) in [6.45, 7) is 12.3. The van der Waals surface area contributed by atoms with Crippen LogP contribution >= 0.6 is 0 Å². The smallest absolute Gasteiger partial charge is 0.331 e. The lowest BCUT2D eigenvalue weighted by atomic mass is 10.2. The lowest BCUT2D eigenvalue weighted by Crippen LogP contribution is -2.10. The van der Waals surface area contributed by atoms with Crippen LogP contribution in [-0.2, 0) is 28.5 Å². The molecule has 0 rings (SSSR count). The van der Waals surface area contributed by atoms with Crippen LogP contribution in [0.4, 0.5) is 0 Å². The van der Waals surface area contributed by atoms with E-state index in [0.717, 1.165) is 50.7 Å². The summed E-state index contributed by atoms with van der Waals surface area (Å²) in [7, 11) is 0. The van der Waals surface area contributed by atoms with Gasteiger partial charge in [0.15, 0.2) is 0 Å². The Labute approximate surface area is 180 Å². The summed E-state index contributed by atoms with van der Waals surface area (Å²) in [5, 5.41) is 0. The van der Waals surface area contributed by atoms with Crippen LogP contribution in [0, 0.1) is 0 Å². The second-order valence-corrected chi connectivity index (χ2v) is 6.39. The molecule has 0 atom stereocenters. The Kier molecular flexibility index (Phi) is 17.8. The van der Waals surface area contributed by atoms with E-state index in [4.69, 9.17) is 18.9 Å². The van der Waals surface area contributed by atoms with E-state index in [1.165, 1.54) is 0 Å². The molecule has 0 unspecified atom stereocenters. The van der Waals surface area contributed by atoms with Gasteiger partial charge in [0.05, 0.1) is 0 Å². The Morgan fingerprint density at radius 2 is 1.00 bits per heavy atom. The fourth-order valence-corrected chi connectivity index (χ4v) is 2.03. The first-order chi connectivity index (χ1) is 14.5. The minimum atomic E-state index is -0.651. The molecule has 0 aromatic carbocycles. The van der Waals surface area contributed by atoms with Crippen molar-refractivity contribution in [3.63, 3.8) is 0 Å². The van der Waals surface area contributed by atoms with Gasteiger partial charge in [-0.1, -0.05) is 64.8 Å². The van der Waals surface area contributed by atoms with Crippen molar-refractivity contribution in [2.24, 2.45) is 0 Å². The Hall–Kier alpha value is -2.76. The van der Waals surface area contributed by atoms with Crippen LogP contribution in [0.3, 0.4) is 0 Å². The van der Waals surface area contributed by atoms with Crippen molar-refractivity contribution >= 4 is 11.9 Å². The Morgan fingerprint density at radius 1 is 0.633 bits per heavy atom. The number of allylic oxidation sites excluding steroid dienone is 4. The summed E-state index contributed by atoms with van der Waals surface area (Å²) in [5.74, 6) is -0.270. The summed E-state index contributed by atoms with van der Waals surface area (Å²) in [4.78, 5) is 23.1. The molecule has 0 aliphatic rings. The van der Waals surface area contributed by atoms with Crippen LogP contribution in [0.1, 0.15) is 52.4 Å². The van der Waals surface area contributed by atoms with Gasteiger partial charge in [-0.3, -0.25) is 0 Å². The fourth-order valence-electron chi connectivity index (χ4n) is 2.03. The molecule has 0 aliphatic carbocycles. The van der Waals surface area contributed by atoms with E-state index >= 15 is 0 Å². The van der Waals surface area contributed by atoms with E-state index < -0.39 is 11.9 Å². The van der Waals surface area contributed by atoms with Gasteiger partial charge < -0.3 is 18.9 Å². The SMILES string of the molecule is C=C(C=CCCCC)OCCOC(=O)C=CC(=O)OCCOC(=C)C=CCCCC. The predicted molar refractivity (Wildman–Crippen MR) is 119 cm³/mol. The third-order valence-electron chi connectivity index (χ3n) is 3.64. The van der Waals surface area contributed by atoms with Gasteiger partial charge in [-0.05, 0) is 25.0 Å². The van der Waals surface area contributed by atoms with Gasteiger partial charge in [-0.2, -0.15) is 0 Å². The van der Waals surface area contributed by atoms with Crippen molar-refractivity contribution in [1.29, 1.82) is 0 Å². The average molecular weight is 421 g/mol. The molecule has 0 aliphatic heterocycles. The minimum Gasteiger partial charge on any atom is -0.491 e. The summed E-state index contributed by atoms with van der Waals surface area (Å²) in [6.07, 6.45) is 16.1. The number of hydrogen-bond donors (Lipinski definition) is 0.